The van der Waals surface area contributed by atoms with E-state index in [0.717, 1.165) is 22.4 Å². The minimum atomic E-state index is -0.606. The molecule has 0 radical (unpaired) electrons. The van der Waals surface area contributed by atoms with E-state index in [4.69, 9.17) is 10.5 Å². The predicted octanol–water partition coefficient (Wildman–Crippen LogP) is 1.47. The molecule has 0 saturated carbocycles. The van der Waals surface area contributed by atoms with Crippen LogP contribution in [0.5, 0.6) is 0 Å². The summed E-state index contributed by atoms with van der Waals surface area (Å²) in [6, 6.07) is 6.64. The first-order valence-corrected chi connectivity index (χ1v) is 5.90. The third-order valence-corrected chi connectivity index (χ3v) is 2.61. The quantitative estimate of drug-likeness (QED) is 0.616. The first kappa shape index (κ1) is 13.4. The lowest BCUT2D eigenvalue weighted by atomic mass is 10.1. The van der Waals surface area contributed by atoms with Crippen molar-refractivity contribution in [1.29, 1.82) is 0 Å². The maximum atomic E-state index is 11.3. The van der Waals surface area contributed by atoms with Crippen LogP contribution in [0.4, 0.5) is 4.79 Å². The minimum absolute atomic E-state index is 0.221. The Morgan fingerprint density at radius 2 is 2.24 bits per heavy atom. The second-order valence-electron chi connectivity index (χ2n) is 3.20. The van der Waals surface area contributed by atoms with Gasteiger partial charge in [-0.15, -0.1) is 0 Å². The molecule has 0 spiro atoms. The normalized spacial score (nSPS) is 9.71. The van der Waals surface area contributed by atoms with Crippen molar-refractivity contribution < 1.29 is 14.3 Å². The molecule has 2 amide bonds. The molecule has 0 heterocycles. The molecule has 0 aliphatic carbocycles. The third-order valence-electron chi connectivity index (χ3n) is 1.82. The van der Waals surface area contributed by atoms with Crippen molar-refractivity contribution in [2.75, 3.05) is 6.61 Å². The van der Waals surface area contributed by atoms with Gasteiger partial charge in [-0.1, -0.05) is 12.1 Å². The Kier molecular flexibility index (Phi) is 5.35. The van der Waals surface area contributed by atoms with E-state index in [9.17, 15) is 9.59 Å². The zero-order chi connectivity index (χ0) is 12.7. The van der Waals surface area contributed by atoms with Crippen molar-refractivity contribution in [3.63, 3.8) is 0 Å². The zero-order valence-electron chi connectivity index (χ0n) is 9.43. The summed E-state index contributed by atoms with van der Waals surface area (Å²) >= 11 is 1.11. The number of hydrogen-bond donors (Lipinski definition) is 2. The van der Waals surface area contributed by atoms with Gasteiger partial charge in [-0.3, -0.25) is 9.52 Å². The third kappa shape index (κ3) is 5.26. The van der Waals surface area contributed by atoms with E-state index in [1.54, 1.807) is 19.1 Å². The second-order valence-corrected chi connectivity index (χ2v) is 4.08. The van der Waals surface area contributed by atoms with Gasteiger partial charge in [0.15, 0.2) is 0 Å². The Morgan fingerprint density at radius 1 is 1.47 bits per heavy atom. The number of primary amides is 1. The molecule has 0 aromatic heterocycles. The molecule has 6 heteroatoms. The SMILES string of the molecule is CCOC(=O)Cc1cccc(SNC(N)=O)c1. The molecule has 1 rings (SSSR count). The molecule has 0 aliphatic heterocycles. The Balaban J connectivity index is 2.59. The van der Waals surface area contributed by atoms with Crippen LogP contribution < -0.4 is 10.5 Å². The van der Waals surface area contributed by atoms with Crippen LogP contribution in [-0.4, -0.2) is 18.6 Å². The van der Waals surface area contributed by atoms with Gasteiger partial charge >= 0.3 is 12.0 Å². The Labute approximate surface area is 104 Å². The van der Waals surface area contributed by atoms with Crippen LogP contribution >= 0.6 is 11.9 Å². The lowest BCUT2D eigenvalue weighted by molar-refractivity contribution is -0.142. The Bertz CT molecular complexity index is 409. The van der Waals surface area contributed by atoms with Crippen LogP contribution in [0.1, 0.15) is 12.5 Å². The predicted molar refractivity (Wildman–Crippen MR) is 65.4 cm³/mol. The van der Waals surface area contributed by atoms with Crippen molar-refractivity contribution in [3.05, 3.63) is 29.8 Å². The van der Waals surface area contributed by atoms with Crippen LogP contribution in [0.25, 0.3) is 0 Å². The molecular weight excluding hydrogens is 240 g/mol. The van der Waals surface area contributed by atoms with E-state index in [2.05, 4.69) is 4.72 Å². The van der Waals surface area contributed by atoms with Crippen molar-refractivity contribution in [1.82, 2.24) is 4.72 Å². The average molecular weight is 254 g/mol. The molecule has 3 N–H and O–H groups in total. The number of esters is 1. The van der Waals surface area contributed by atoms with Crippen molar-refractivity contribution in [2.45, 2.75) is 18.2 Å². The summed E-state index contributed by atoms with van der Waals surface area (Å²) in [4.78, 5) is 22.6. The smallest absolute Gasteiger partial charge is 0.322 e. The molecule has 0 atom stereocenters. The second kappa shape index (κ2) is 6.80. The first-order chi connectivity index (χ1) is 8.11. The summed E-state index contributed by atoms with van der Waals surface area (Å²) in [7, 11) is 0. The molecular formula is C11H14N2O3S. The van der Waals surface area contributed by atoms with Gasteiger partial charge in [-0.2, -0.15) is 0 Å². The molecule has 0 fully saturated rings. The van der Waals surface area contributed by atoms with E-state index < -0.39 is 6.03 Å². The summed E-state index contributed by atoms with van der Waals surface area (Å²) in [5.74, 6) is -0.266. The highest BCUT2D eigenvalue weighted by Crippen LogP contribution is 2.16. The number of nitrogens with two attached hydrogens (primary N) is 1. The average Bonchev–Trinajstić information content (AvgIpc) is 2.27. The number of amides is 2. The van der Waals surface area contributed by atoms with E-state index in [-0.39, 0.29) is 12.4 Å². The Morgan fingerprint density at radius 3 is 2.88 bits per heavy atom. The first-order valence-electron chi connectivity index (χ1n) is 5.08. The van der Waals surface area contributed by atoms with E-state index in [1.165, 1.54) is 0 Å². The highest BCUT2D eigenvalue weighted by Gasteiger charge is 2.05. The number of rotatable bonds is 5. The van der Waals surface area contributed by atoms with Gasteiger partial charge in [0.2, 0.25) is 0 Å². The number of carbonyl (C=O) groups is 2. The van der Waals surface area contributed by atoms with Gasteiger partial charge in [0.05, 0.1) is 13.0 Å². The van der Waals surface area contributed by atoms with Gasteiger partial charge in [0.25, 0.3) is 0 Å². The summed E-state index contributed by atoms with van der Waals surface area (Å²) in [6.07, 6.45) is 0.221. The van der Waals surface area contributed by atoms with Gasteiger partial charge in [0, 0.05) is 4.90 Å². The fourth-order valence-corrected chi connectivity index (χ4v) is 1.78. The van der Waals surface area contributed by atoms with E-state index >= 15 is 0 Å². The fraction of sp³-hybridized carbons (Fsp3) is 0.273. The molecule has 0 aliphatic rings. The van der Waals surface area contributed by atoms with Crippen LogP contribution in [0.2, 0.25) is 0 Å². The lowest BCUT2D eigenvalue weighted by Gasteiger charge is -2.05. The highest BCUT2D eigenvalue weighted by molar-refractivity contribution is 7.98. The topological polar surface area (TPSA) is 81.4 Å². The molecule has 5 nitrogen and oxygen atoms in total. The number of carbonyl (C=O) groups excluding carboxylic acids is 2. The molecule has 0 unspecified atom stereocenters. The van der Waals surface area contributed by atoms with Crippen molar-refractivity contribution in [3.8, 4) is 0 Å². The molecule has 0 bridgehead atoms. The van der Waals surface area contributed by atoms with Gasteiger partial charge in [0.1, 0.15) is 0 Å². The summed E-state index contributed by atoms with van der Waals surface area (Å²) in [5.41, 5.74) is 5.79. The number of nitrogens with one attached hydrogen (secondary N) is 1. The number of urea groups is 1. The zero-order valence-corrected chi connectivity index (χ0v) is 10.3. The molecule has 92 valence electrons. The van der Waals surface area contributed by atoms with Crippen molar-refractivity contribution >= 4 is 23.9 Å². The van der Waals surface area contributed by atoms with Crippen LogP contribution in [0.3, 0.4) is 0 Å². The maximum absolute atomic E-state index is 11.3. The van der Waals surface area contributed by atoms with Gasteiger partial charge in [-0.25, -0.2) is 4.79 Å². The van der Waals surface area contributed by atoms with E-state index in [1.807, 2.05) is 12.1 Å². The molecule has 17 heavy (non-hydrogen) atoms. The van der Waals surface area contributed by atoms with Crippen LogP contribution in [0, 0.1) is 0 Å². The number of hydrogen-bond acceptors (Lipinski definition) is 4. The molecule has 0 saturated heterocycles. The monoisotopic (exact) mass is 254 g/mol. The minimum Gasteiger partial charge on any atom is -0.466 e. The number of benzene rings is 1. The van der Waals surface area contributed by atoms with Crippen molar-refractivity contribution in [2.24, 2.45) is 5.73 Å². The van der Waals surface area contributed by atoms with E-state index in [0.29, 0.717) is 6.61 Å². The highest BCUT2D eigenvalue weighted by atomic mass is 32.2. The largest absolute Gasteiger partial charge is 0.466 e. The Hall–Kier alpha value is -1.69. The summed E-state index contributed by atoms with van der Waals surface area (Å²) in [5, 5.41) is 0. The van der Waals surface area contributed by atoms with Gasteiger partial charge < -0.3 is 10.5 Å². The lowest BCUT2D eigenvalue weighted by Crippen LogP contribution is -2.22. The fourth-order valence-electron chi connectivity index (χ4n) is 1.21. The molecule has 1 aromatic rings. The summed E-state index contributed by atoms with van der Waals surface area (Å²) < 4.78 is 7.26. The van der Waals surface area contributed by atoms with Crippen LogP contribution in [-0.2, 0) is 16.0 Å². The number of ether oxygens (including phenoxy) is 1. The van der Waals surface area contributed by atoms with Gasteiger partial charge in [-0.05, 0) is 36.6 Å². The molecule has 1 aromatic carbocycles. The standard InChI is InChI=1S/C11H14N2O3S/c1-2-16-10(14)7-8-4-3-5-9(6-8)17-13-11(12)15/h3-6H,2,7H2,1H3,(H3,12,13,15). The van der Waals surface area contributed by atoms with Crippen LogP contribution in [0.15, 0.2) is 29.2 Å². The summed E-state index contributed by atoms with van der Waals surface area (Å²) in [6.45, 7) is 2.14. The maximum Gasteiger partial charge on any atom is 0.322 e.